The van der Waals surface area contributed by atoms with Gasteiger partial charge in [-0.2, -0.15) is 4.99 Å². The number of nitrogens with zero attached hydrogens (tertiary/aromatic N) is 2. The van der Waals surface area contributed by atoms with E-state index in [1.165, 1.54) is 35.3 Å². The van der Waals surface area contributed by atoms with Gasteiger partial charge in [0.15, 0.2) is 5.69 Å². The zero-order valence-corrected chi connectivity index (χ0v) is 13.1. The molecule has 108 valence electrons. The number of aryl methyl sites for hydroxylation is 2. The quantitative estimate of drug-likeness (QED) is 0.663. The van der Waals surface area contributed by atoms with Gasteiger partial charge in [-0.1, -0.05) is 37.6 Å². The maximum absolute atomic E-state index is 4.70. The van der Waals surface area contributed by atoms with Crippen molar-refractivity contribution in [2.75, 3.05) is 6.54 Å². The second-order valence-corrected chi connectivity index (χ2v) is 5.97. The van der Waals surface area contributed by atoms with Gasteiger partial charge in [0.05, 0.1) is 6.54 Å². The predicted octanol–water partition coefficient (Wildman–Crippen LogP) is 5.42. The van der Waals surface area contributed by atoms with Crippen LogP contribution in [0, 0.1) is 13.8 Å². The van der Waals surface area contributed by atoms with E-state index in [4.69, 9.17) is 4.99 Å². The first kappa shape index (κ1) is 14.0. The normalized spacial score (nSPS) is 19.8. The third-order valence-electron chi connectivity index (χ3n) is 4.36. The number of para-hydroxylation sites is 2. The molecule has 1 heterocycles. The van der Waals surface area contributed by atoms with Crippen molar-refractivity contribution in [3.05, 3.63) is 53.6 Å². The van der Waals surface area contributed by atoms with E-state index in [1.54, 1.807) is 0 Å². The summed E-state index contributed by atoms with van der Waals surface area (Å²) in [5, 5.41) is 0. The molecule has 0 aliphatic carbocycles. The lowest BCUT2D eigenvalue weighted by Gasteiger charge is -2.32. The fraction of sp³-hybridized carbons (Fsp3) is 0.316. The van der Waals surface area contributed by atoms with Crippen LogP contribution in [0.25, 0.3) is 0 Å². The van der Waals surface area contributed by atoms with Crippen molar-refractivity contribution in [1.29, 1.82) is 0 Å². The van der Waals surface area contributed by atoms with E-state index >= 15 is 0 Å². The standard InChI is InChI=1S/C19H23N2/c1-4-5-12-21(19-13-15(2)10-11-16(19)3)14-20-17-8-6-7-9-18(17)21/h6-11,13-14H,4-5,12H2,1-3H3/q+1. The average Bonchev–Trinajstić information content (AvgIpc) is 2.88. The lowest BCUT2D eigenvalue weighted by atomic mass is 10.1. The number of benzene rings is 2. The Morgan fingerprint density at radius 2 is 1.81 bits per heavy atom. The minimum Gasteiger partial charge on any atom is -0.215 e. The lowest BCUT2D eigenvalue weighted by molar-refractivity contribution is 0.541. The van der Waals surface area contributed by atoms with Gasteiger partial charge < -0.3 is 0 Å². The van der Waals surface area contributed by atoms with Gasteiger partial charge in [0.25, 0.3) is 0 Å². The number of rotatable bonds is 4. The van der Waals surface area contributed by atoms with Crippen LogP contribution in [0.5, 0.6) is 0 Å². The fourth-order valence-electron chi connectivity index (χ4n) is 3.18. The third kappa shape index (κ3) is 2.30. The molecule has 2 aromatic carbocycles. The largest absolute Gasteiger partial charge is 0.215 e. The van der Waals surface area contributed by atoms with Crippen molar-refractivity contribution < 1.29 is 0 Å². The summed E-state index contributed by atoms with van der Waals surface area (Å²) in [5.74, 6) is 0. The average molecular weight is 279 g/mol. The van der Waals surface area contributed by atoms with Crippen LogP contribution in [0.4, 0.5) is 17.1 Å². The first-order valence-electron chi connectivity index (χ1n) is 7.78. The fourth-order valence-corrected chi connectivity index (χ4v) is 3.18. The molecule has 2 aromatic rings. The number of hydrogen-bond acceptors (Lipinski definition) is 1. The van der Waals surface area contributed by atoms with E-state index in [0.717, 1.165) is 16.7 Å². The summed E-state index contributed by atoms with van der Waals surface area (Å²) in [4.78, 5) is 4.70. The van der Waals surface area contributed by atoms with Gasteiger partial charge in [-0.05, 0) is 31.9 Å². The molecule has 1 unspecified atom stereocenters. The second-order valence-electron chi connectivity index (χ2n) is 5.97. The molecule has 1 aliphatic heterocycles. The Morgan fingerprint density at radius 1 is 1.00 bits per heavy atom. The summed E-state index contributed by atoms with van der Waals surface area (Å²) >= 11 is 0. The molecule has 0 saturated heterocycles. The lowest BCUT2D eigenvalue weighted by Crippen LogP contribution is -2.42. The highest BCUT2D eigenvalue weighted by Crippen LogP contribution is 2.45. The molecule has 2 heteroatoms. The molecule has 0 fully saturated rings. The van der Waals surface area contributed by atoms with E-state index in [9.17, 15) is 0 Å². The van der Waals surface area contributed by atoms with Crippen LogP contribution in [0.1, 0.15) is 30.9 Å². The highest BCUT2D eigenvalue weighted by molar-refractivity contribution is 5.95. The van der Waals surface area contributed by atoms with Gasteiger partial charge in [0.1, 0.15) is 11.4 Å². The molecule has 0 bridgehead atoms. The first-order valence-corrected chi connectivity index (χ1v) is 7.78. The number of fused-ring (bicyclic) bond motifs is 1. The molecule has 3 rings (SSSR count). The molecule has 0 N–H and O–H groups in total. The zero-order valence-electron chi connectivity index (χ0n) is 13.1. The van der Waals surface area contributed by atoms with Crippen molar-refractivity contribution in [3.63, 3.8) is 0 Å². The monoisotopic (exact) mass is 279 g/mol. The predicted molar refractivity (Wildman–Crippen MR) is 91.7 cm³/mol. The molecule has 1 aliphatic rings. The second kappa shape index (κ2) is 5.45. The van der Waals surface area contributed by atoms with Gasteiger partial charge in [0.2, 0.25) is 6.34 Å². The highest BCUT2D eigenvalue weighted by Gasteiger charge is 2.39. The molecule has 0 spiro atoms. The van der Waals surface area contributed by atoms with Gasteiger partial charge in [-0.3, -0.25) is 0 Å². The molecule has 0 saturated carbocycles. The molecular formula is C19H23N2+. The summed E-state index contributed by atoms with van der Waals surface area (Å²) < 4.78 is 0.761. The maximum Gasteiger partial charge on any atom is 0.201 e. The maximum atomic E-state index is 4.70. The minimum absolute atomic E-state index is 0.761. The van der Waals surface area contributed by atoms with Gasteiger partial charge in [0, 0.05) is 17.7 Å². The van der Waals surface area contributed by atoms with Crippen LogP contribution in [-0.2, 0) is 0 Å². The zero-order chi connectivity index (χ0) is 14.9. The Hall–Kier alpha value is -1.93. The topological polar surface area (TPSA) is 12.4 Å². The SMILES string of the molecule is CCCC[N+]1(c2cc(C)ccc2C)C=Nc2ccccc21. The molecule has 2 nitrogen and oxygen atoms in total. The van der Waals surface area contributed by atoms with Crippen molar-refractivity contribution in [3.8, 4) is 0 Å². The van der Waals surface area contributed by atoms with E-state index in [2.05, 4.69) is 69.6 Å². The number of unbranched alkanes of at least 4 members (excludes halogenated alkanes) is 1. The minimum atomic E-state index is 0.761. The Balaban J connectivity index is 2.20. The van der Waals surface area contributed by atoms with E-state index < -0.39 is 0 Å². The van der Waals surface area contributed by atoms with E-state index in [0.29, 0.717) is 0 Å². The first-order chi connectivity index (χ1) is 10.2. The van der Waals surface area contributed by atoms with E-state index in [1.807, 2.05) is 0 Å². The summed E-state index contributed by atoms with van der Waals surface area (Å²) in [6.07, 6.45) is 4.51. The van der Waals surface area contributed by atoms with E-state index in [-0.39, 0.29) is 0 Å². The van der Waals surface area contributed by atoms with Gasteiger partial charge in [-0.15, -0.1) is 0 Å². The molecule has 0 radical (unpaired) electrons. The number of hydrogen-bond donors (Lipinski definition) is 0. The molecule has 1 atom stereocenters. The van der Waals surface area contributed by atoms with Crippen LogP contribution in [0.2, 0.25) is 0 Å². The molecular weight excluding hydrogens is 256 g/mol. The van der Waals surface area contributed by atoms with Crippen LogP contribution < -0.4 is 4.48 Å². The Kier molecular flexibility index (Phi) is 3.64. The van der Waals surface area contributed by atoms with Crippen molar-refractivity contribution in [2.45, 2.75) is 33.6 Å². The van der Waals surface area contributed by atoms with Crippen LogP contribution in [0.15, 0.2) is 47.5 Å². The molecule has 21 heavy (non-hydrogen) atoms. The van der Waals surface area contributed by atoms with Crippen molar-refractivity contribution in [2.24, 2.45) is 4.99 Å². The Labute approximate surface area is 127 Å². The third-order valence-corrected chi connectivity index (χ3v) is 4.36. The number of aliphatic imine (C=N–C) groups is 1. The summed E-state index contributed by atoms with van der Waals surface area (Å²) in [5.41, 5.74) is 6.41. The molecule has 0 aromatic heterocycles. The van der Waals surface area contributed by atoms with Crippen molar-refractivity contribution >= 4 is 23.4 Å². The van der Waals surface area contributed by atoms with Crippen LogP contribution >= 0.6 is 0 Å². The molecule has 0 amide bonds. The van der Waals surface area contributed by atoms with Crippen LogP contribution in [-0.4, -0.2) is 12.9 Å². The van der Waals surface area contributed by atoms with Gasteiger partial charge in [-0.25, -0.2) is 4.48 Å². The highest BCUT2D eigenvalue weighted by atomic mass is 15.4. The summed E-state index contributed by atoms with van der Waals surface area (Å²) in [7, 11) is 0. The Morgan fingerprint density at radius 3 is 2.62 bits per heavy atom. The van der Waals surface area contributed by atoms with Crippen molar-refractivity contribution in [1.82, 2.24) is 4.48 Å². The smallest absolute Gasteiger partial charge is 0.201 e. The summed E-state index contributed by atoms with van der Waals surface area (Å²) in [6, 6.07) is 15.3. The number of quaternary nitrogens is 1. The van der Waals surface area contributed by atoms with Crippen LogP contribution in [0.3, 0.4) is 0 Å². The Bertz CT molecular complexity index is 688. The van der Waals surface area contributed by atoms with Gasteiger partial charge >= 0.3 is 0 Å². The summed E-state index contributed by atoms with van der Waals surface area (Å²) in [6.45, 7) is 7.69.